The molecule has 1 heterocycles. The van der Waals surface area contributed by atoms with Crippen molar-refractivity contribution in [2.75, 3.05) is 39.2 Å². The van der Waals surface area contributed by atoms with Crippen LogP contribution in [0.1, 0.15) is 19.8 Å². The first kappa shape index (κ1) is 17.4. The topological polar surface area (TPSA) is 93.1 Å². The first-order valence-electron chi connectivity index (χ1n) is 6.67. The van der Waals surface area contributed by atoms with Crippen molar-refractivity contribution in [2.24, 2.45) is 5.92 Å². The van der Waals surface area contributed by atoms with Crippen molar-refractivity contribution in [2.45, 2.75) is 25.8 Å². The lowest BCUT2D eigenvalue weighted by Crippen LogP contribution is -2.48. The molecule has 7 nitrogen and oxygen atoms in total. The lowest BCUT2D eigenvalue weighted by molar-refractivity contribution is -0.143. The highest BCUT2D eigenvalue weighted by Gasteiger charge is 2.36. The number of nitrogens with zero attached hydrogens (tertiary/aromatic N) is 1. The summed E-state index contributed by atoms with van der Waals surface area (Å²) in [5.74, 6) is -1.68. The van der Waals surface area contributed by atoms with Gasteiger partial charge in [-0.05, 0) is 19.8 Å². The number of hydrogen-bond acceptors (Lipinski definition) is 5. The number of carbonyl (C=O) groups is 1. The Morgan fingerprint density at radius 2 is 2.00 bits per heavy atom. The number of carboxylic acid groups (broad SMARTS) is 1. The number of rotatable bonds is 8. The average molecular weight is 309 g/mol. The van der Waals surface area contributed by atoms with Gasteiger partial charge in [0.15, 0.2) is 0 Å². The van der Waals surface area contributed by atoms with Crippen LogP contribution in [0.15, 0.2) is 0 Å². The Kier molecular flexibility index (Phi) is 6.87. The van der Waals surface area contributed by atoms with Gasteiger partial charge in [-0.1, -0.05) is 0 Å². The Morgan fingerprint density at radius 1 is 1.30 bits per heavy atom. The summed E-state index contributed by atoms with van der Waals surface area (Å²) in [6.45, 7) is 2.71. The van der Waals surface area contributed by atoms with Gasteiger partial charge in [0.1, 0.15) is 0 Å². The zero-order valence-corrected chi connectivity index (χ0v) is 12.8. The summed E-state index contributed by atoms with van der Waals surface area (Å²) < 4.78 is 35.7. The van der Waals surface area contributed by atoms with Gasteiger partial charge in [0, 0.05) is 19.7 Å². The lowest BCUT2D eigenvalue weighted by atomic mass is 9.96. The first-order valence-corrected chi connectivity index (χ1v) is 8.28. The van der Waals surface area contributed by atoms with Crippen molar-refractivity contribution < 1.29 is 27.8 Å². The van der Waals surface area contributed by atoms with Gasteiger partial charge in [0.25, 0.3) is 0 Å². The van der Waals surface area contributed by atoms with E-state index in [0.717, 1.165) is 0 Å². The smallest absolute Gasteiger partial charge is 0.307 e. The fraction of sp³-hybridized carbons (Fsp3) is 0.917. The van der Waals surface area contributed by atoms with E-state index in [1.807, 2.05) is 0 Å². The van der Waals surface area contributed by atoms with Crippen LogP contribution in [0.2, 0.25) is 0 Å². The van der Waals surface area contributed by atoms with Crippen molar-refractivity contribution >= 4 is 16.0 Å². The molecule has 8 heteroatoms. The summed E-state index contributed by atoms with van der Waals surface area (Å²) >= 11 is 0. The third kappa shape index (κ3) is 5.01. The highest BCUT2D eigenvalue weighted by Crippen LogP contribution is 2.24. The van der Waals surface area contributed by atoms with E-state index in [-0.39, 0.29) is 24.9 Å². The van der Waals surface area contributed by atoms with Crippen molar-refractivity contribution in [3.05, 3.63) is 0 Å². The molecular weight excluding hydrogens is 286 g/mol. The number of methoxy groups -OCH3 is 1. The third-order valence-corrected chi connectivity index (χ3v) is 5.35. The molecule has 0 aromatic rings. The predicted octanol–water partition coefficient (Wildman–Crippen LogP) is 0.164. The molecular formula is C12H23NO6S. The van der Waals surface area contributed by atoms with Gasteiger partial charge in [-0.25, -0.2) is 8.42 Å². The minimum atomic E-state index is -3.48. The maximum atomic E-state index is 12.2. The largest absolute Gasteiger partial charge is 0.481 e. The molecule has 118 valence electrons. The van der Waals surface area contributed by atoms with E-state index >= 15 is 0 Å². The molecule has 1 aliphatic heterocycles. The Hall–Kier alpha value is -0.700. The SMILES string of the molecule is COCCOCCS(=O)(=O)N1CC(C(=O)O)CCC1C. The zero-order valence-electron chi connectivity index (χ0n) is 11.9. The van der Waals surface area contributed by atoms with Gasteiger partial charge in [-0.15, -0.1) is 0 Å². The molecule has 0 radical (unpaired) electrons. The number of piperidine rings is 1. The highest BCUT2D eigenvalue weighted by atomic mass is 32.2. The number of carboxylic acids is 1. The summed E-state index contributed by atoms with van der Waals surface area (Å²) in [6.07, 6.45) is 1.09. The van der Waals surface area contributed by atoms with E-state index in [1.165, 1.54) is 4.31 Å². The number of sulfonamides is 1. The summed E-state index contributed by atoms with van der Waals surface area (Å²) in [5, 5.41) is 9.02. The second-order valence-corrected chi connectivity index (χ2v) is 6.99. The lowest BCUT2D eigenvalue weighted by Gasteiger charge is -2.35. The molecule has 1 saturated heterocycles. The van der Waals surface area contributed by atoms with Crippen LogP contribution in [0.4, 0.5) is 0 Å². The van der Waals surface area contributed by atoms with Gasteiger partial charge in [0.2, 0.25) is 10.0 Å². The highest BCUT2D eigenvalue weighted by molar-refractivity contribution is 7.89. The fourth-order valence-electron chi connectivity index (χ4n) is 2.19. The standard InChI is InChI=1S/C12H23NO6S/c1-10-3-4-11(12(14)15)9-13(10)20(16,17)8-7-19-6-5-18-2/h10-11H,3-9H2,1-2H3,(H,14,15). The molecule has 1 fully saturated rings. The summed E-state index contributed by atoms with van der Waals surface area (Å²) in [6, 6.07) is -0.158. The van der Waals surface area contributed by atoms with Crippen LogP contribution in [0.3, 0.4) is 0 Å². The minimum Gasteiger partial charge on any atom is -0.481 e. The van der Waals surface area contributed by atoms with Gasteiger partial charge in [-0.3, -0.25) is 4.79 Å². The van der Waals surface area contributed by atoms with Crippen LogP contribution in [-0.4, -0.2) is 69.1 Å². The predicted molar refractivity (Wildman–Crippen MR) is 73.0 cm³/mol. The van der Waals surface area contributed by atoms with Crippen LogP contribution in [-0.2, 0) is 24.3 Å². The maximum absolute atomic E-state index is 12.2. The number of aliphatic carboxylic acids is 1. The van der Waals surface area contributed by atoms with Crippen molar-refractivity contribution in [3.8, 4) is 0 Å². The number of ether oxygens (including phenoxy) is 2. The Bertz CT molecular complexity index is 410. The van der Waals surface area contributed by atoms with Gasteiger partial charge >= 0.3 is 5.97 Å². The van der Waals surface area contributed by atoms with Gasteiger partial charge in [-0.2, -0.15) is 4.31 Å². The van der Waals surface area contributed by atoms with E-state index < -0.39 is 21.9 Å². The second-order valence-electron chi connectivity index (χ2n) is 4.95. The maximum Gasteiger partial charge on any atom is 0.307 e. The Labute approximate surface area is 119 Å². The molecule has 0 aromatic carbocycles. The Morgan fingerprint density at radius 3 is 2.60 bits per heavy atom. The molecule has 0 aromatic heterocycles. The first-order chi connectivity index (χ1) is 9.38. The van der Waals surface area contributed by atoms with Crippen molar-refractivity contribution in [1.29, 1.82) is 0 Å². The van der Waals surface area contributed by atoms with Gasteiger partial charge < -0.3 is 14.6 Å². The second kappa shape index (κ2) is 7.92. The molecule has 0 bridgehead atoms. The van der Waals surface area contributed by atoms with Crippen molar-refractivity contribution in [3.63, 3.8) is 0 Å². The summed E-state index contributed by atoms with van der Waals surface area (Å²) in [4.78, 5) is 11.0. The molecule has 0 saturated carbocycles. The molecule has 0 spiro atoms. The van der Waals surface area contributed by atoms with E-state index in [2.05, 4.69) is 0 Å². The van der Waals surface area contributed by atoms with Crippen LogP contribution in [0.5, 0.6) is 0 Å². The molecule has 0 aliphatic carbocycles. The van der Waals surface area contributed by atoms with Crippen molar-refractivity contribution in [1.82, 2.24) is 4.31 Å². The normalized spacial score (nSPS) is 24.7. The monoisotopic (exact) mass is 309 g/mol. The minimum absolute atomic E-state index is 0.0525. The van der Waals surface area contributed by atoms with Crippen LogP contribution in [0, 0.1) is 5.92 Å². The molecule has 1 rings (SSSR count). The molecule has 2 unspecified atom stereocenters. The van der Waals surface area contributed by atoms with E-state index in [4.69, 9.17) is 14.6 Å². The quantitative estimate of drug-likeness (QED) is 0.642. The van der Waals surface area contributed by atoms with E-state index in [1.54, 1.807) is 14.0 Å². The molecule has 0 amide bonds. The molecule has 1 aliphatic rings. The summed E-state index contributed by atoms with van der Waals surface area (Å²) in [7, 11) is -1.94. The Balaban J connectivity index is 2.53. The van der Waals surface area contributed by atoms with E-state index in [9.17, 15) is 13.2 Å². The van der Waals surface area contributed by atoms with Crippen LogP contribution < -0.4 is 0 Å². The molecule has 1 N–H and O–H groups in total. The van der Waals surface area contributed by atoms with Crippen LogP contribution in [0.25, 0.3) is 0 Å². The average Bonchev–Trinajstić information content (AvgIpc) is 2.38. The third-order valence-electron chi connectivity index (χ3n) is 3.45. The zero-order chi connectivity index (χ0) is 15.2. The fourth-order valence-corrected chi connectivity index (χ4v) is 3.81. The van der Waals surface area contributed by atoms with Crippen LogP contribution >= 0.6 is 0 Å². The molecule has 2 atom stereocenters. The molecule has 20 heavy (non-hydrogen) atoms. The number of hydrogen-bond donors (Lipinski definition) is 1. The van der Waals surface area contributed by atoms with E-state index in [0.29, 0.717) is 26.1 Å². The van der Waals surface area contributed by atoms with Gasteiger partial charge in [0.05, 0.1) is 31.5 Å². The summed E-state index contributed by atoms with van der Waals surface area (Å²) in [5.41, 5.74) is 0.